The average molecular weight is 439 g/mol. The van der Waals surface area contributed by atoms with E-state index in [9.17, 15) is 9.59 Å². The number of hydrogen-bond donors (Lipinski definition) is 2. The lowest BCUT2D eigenvalue weighted by molar-refractivity contribution is -0.718. The summed E-state index contributed by atoms with van der Waals surface area (Å²) in [7, 11) is 2.96. The number of pyridine rings is 1. The van der Waals surface area contributed by atoms with Crippen LogP contribution in [0.4, 0.5) is 0 Å². The van der Waals surface area contributed by atoms with Gasteiger partial charge in [-0.1, -0.05) is 0 Å². The maximum Gasteiger partial charge on any atom is 0.354 e. The fraction of sp³-hybridized carbons (Fsp3) is 0.261. The number of aromatic nitrogens is 3. The number of aromatic amines is 2. The lowest BCUT2D eigenvalue weighted by Crippen LogP contribution is -2.52. The molecule has 3 aromatic heterocycles. The summed E-state index contributed by atoms with van der Waals surface area (Å²) in [5.74, 6) is 0.268. The number of nitrogens with zero attached hydrogens (tertiary/aromatic N) is 1. The Kier molecular flexibility index (Phi) is 4.70. The summed E-state index contributed by atoms with van der Waals surface area (Å²) in [6, 6.07) is 10.7. The SMILES string of the molecule is COC(=O)c1cc2c3[n+](ccc2[nH]1)C(C(=O)c1cc2cc(OC)ccc2[nH]1)CC(Cl)C3. The third-order valence-electron chi connectivity index (χ3n) is 5.90. The molecule has 7 nitrogen and oxygen atoms in total. The third-order valence-corrected chi connectivity index (χ3v) is 6.24. The number of H-pyrrole nitrogens is 2. The van der Waals surface area contributed by atoms with E-state index in [0.29, 0.717) is 24.2 Å². The molecule has 0 amide bonds. The first-order valence-corrected chi connectivity index (χ1v) is 10.4. The van der Waals surface area contributed by atoms with Gasteiger partial charge in [0.15, 0.2) is 11.9 Å². The van der Waals surface area contributed by atoms with Crippen molar-refractivity contribution in [2.45, 2.75) is 24.3 Å². The normalized spacial score (nSPS) is 18.2. The van der Waals surface area contributed by atoms with E-state index >= 15 is 0 Å². The molecule has 0 fully saturated rings. The zero-order chi connectivity index (χ0) is 21.7. The van der Waals surface area contributed by atoms with Crippen LogP contribution >= 0.6 is 11.6 Å². The summed E-state index contributed by atoms with van der Waals surface area (Å²) in [4.78, 5) is 31.8. The first-order valence-electron chi connectivity index (χ1n) is 9.97. The topological polar surface area (TPSA) is 88.1 Å². The number of ether oxygens (including phenoxy) is 2. The summed E-state index contributed by atoms with van der Waals surface area (Å²) in [5, 5.41) is 1.59. The van der Waals surface area contributed by atoms with E-state index in [-0.39, 0.29) is 11.2 Å². The highest BCUT2D eigenvalue weighted by molar-refractivity contribution is 6.21. The first-order chi connectivity index (χ1) is 15.0. The van der Waals surface area contributed by atoms with Crippen molar-refractivity contribution < 1.29 is 23.6 Å². The van der Waals surface area contributed by atoms with Crippen LogP contribution < -0.4 is 9.30 Å². The van der Waals surface area contributed by atoms with Gasteiger partial charge in [0.2, 0.25) is 11.8 Å². The number of methoxy groups -OCH3 is 2. The molecule has 0 aliphatic carbocycles. The Morgan fingerprint density at radius 2 is 1.87 bits per heavy atom. The Balaban J connectivity index is 1.58. The maximum absolute atomic E-state index is 13.5. The van der Waals surface area contributed by atoms with E-state index in [1.807, 2.05) is 41.1 Å². The van der Waals surface area contributed by atoms with E-state index in [0.717, 1.165) is 33.2 Å². The number of carbonyl (C=O) groups excluding carboxylic acids is 2. The van der Waals surface area contributed by atoms with Crippen LogP contribution in [0.5, 0.6) is 5.75 Å². The summed E-state index contributed by atoms with van der Waals surface area (Å²) in [6.45, 7) is 0. The highest BCUT2D eigenvalue weighted by Crippen LogP contribution is 2.30. The van der Waals surface area contributed by atoms with Gasteiger partial charge in [-0.05, 0) is 30.3 Å². The highest BCUT2D eigenvalue weighted by atomic mass is 35.5. The van der Waals surface area contributed by atoms with Gasteiger partial charge < -0.3 is 19.4 Å². The Morgan fingerprint density at radius 1 is 1.06 bits per heavy atom. The quantitative estimate of drug-likeness (QED) is 0.220. The fourth-order valence-electron chi connectivity index (χ4n) is 4.38. The minimum atomic E-state index is -0.443. The van der Waals surface area contributed by atoms with Crippen LogP contribution in [-0.2, 0) is 11.2 Å². The molecule has 31 heavy (non-hydrogen) atoms. The number of fused-ring (bicyclic) bond motifs is 4. The Hall–Kier alpha value is -3.32. The minimum absolute atomic E-state index is 0.0326. The average Bonchev–Trinajstić information content (AvgIpc) is 3.41. The van der Waals surface area contributed by atoms with Crippen LogP contribution in [0.3, 0.4) is 0 Å². The predicted octanol–water partition coefficient (Wildman–Crippen LogP) is 3.71. The minimum Gasteiger partial charge on any atom is -0.497 e. The Morgan fingerprint density at radius 3 is 2.65 bits per heavy atom. The van der Waals surface area contributed by atoms with Gasteiger partial charge in [-0.3, -0.25) is 4.79 Å². The zero-order valence-corrected chi connectivity index (χ0v) is 17.8. The molecule has 1 aliphatic rings. The van der Waals surface area contributed by atoms with Gasteiger partial charge in [0.25, 0.3) is 0 Å². The largest absolute Gasteiger partial charge is 0.497 e. The van der Waals surface area contributed by atoms with E-state index in [4.69, 9.17) is 21.1 Å². The van der Waals surface area contributed by atoms with Gasteiger partial charge in [0.05, 0.1) is 36.2 Å². The second-order valence-electron chi connectivity index (χ2n) is 7.72. The van der Waals surface area contributed by atoms with Crippen LogP contribution in [0.2, 0.25) is 0 Å². The van der Waals surface area contributed by atoms with Crippen molar-refractivity contribution in [2.75, 3.05) is 14.2 Å². The molecule has 2 N–H and O–H groups in total. The van der Waals surface area contributed by atoms with E-state index in [1.54, 1.807) is 13.2 Å². The maximum atomic E-state index is 13.5. The number of alkyl halides is 1. The predicted molar refractivity (Wildman–Crippen MR) is 116 cm³/mol. The number of hydrogen-bond acceptors (Lipinski definition) is 4. The third kappa shape index (κ3) is 3.25. The van der Waals surface area contributed by atoms with Gasteiger partial charge in [-0.15, -0.1) is 11.6 Å². The molecule has 5 rings (SSSR count). The molecule has 2 unspecified atom stereocenters. The molecule has 4 aromatic rings. The van der Waals surface area contributed by atoms with Crippen LogP contribution in [0.1, 0.15) is 39.1 Å². The van der Waals surface area contributed by atoms with Crippen LogP contribution in [0.25, 0.3) is 21.8 Å². The van der Waals surface area contributed by atoms with Crippen LogP contribution in [0, 0.1) is 0 Å². The number of esters is 1. The van der Waals surface area contributed by atoms with Gasteiger partial charge >= 0.3 is 5.97 Å². The number of nitrogens with one attached hydrogen (secondary N) is 2. The smallest absolute Gasteiger partial charge is 0.354 e. The van der Waals surface area contributed by atoms with Crippen molar-refractivity contribution in [3.63, 3.8) is 0 Å². The highest BCUT2D eigenvalue weighted by Gasteiger charge is 2.40. The van der Waals surface area contributed by atoms with Crippen molar-refractivity contribution in [1.82, 2.24) is 9.97 Å². The molecule has 2 atom stereocenters. The molecular weight excluding hydrogens is 418 g/mol. The molecule has 8 heteroatoms. The molecule has 0 saturated carbocycles. The van der Waals surface area contributed by atoms with Crippen molar-refractivity contribution in [3.8, 4) is 5.75 Å². The van der Waals surface area contributed by atoms with Crippen molar-refractivity contribution >= 4 is 45.2 Å². The molecular formula is C23H21ClN3O4+. The summed E-state index contributed by atoms with van der Waals surface area (Å²) >= 11 is 6.59. The van der Waals surface area contributed by atoms with Gasteiger partial charge in [-0.25, -0.2) is 4.79 Å². The molecule has 158 valence electrons. The zero-order valence-electron chi connectivity index (χ0n) is 17.1. The Labute approximate surface area is 182 Å². The molecule has 1 aliphatic heterocycles. The number of halogens is 1. The van der Waals surface area contributed by atoms with Gasteiger partial charge in [0.1, 0.15) is 11.4 Å². The molecule has 0 bridgehead atoms. The summed E-state index contributed by atoms with van der Waals surface area (Å²) < 4.78 is 12.1. The van der Waals surface area contributed by atoms with Crippen LogP contribution in [0.15, 0.2) is 42.6 Å². The number of ketones is 1. The number of rotatable bonds is 4. The second kappa shape index (κ2) is 7.42. The van der Waals surface area contributed by atoms with E-state index in [2.05, 4.69) is 9.97 Å². The van der Waals surface area contributed by atoms with Crippen LogP contribution in [-0.4, -0.2) is 41.3 Å². The van der Waals surface area contributed by atoms with E-state index < -0.39 is 12.0 Å². The number of carbonyl (C=O) groups is 2. The monoisotopic (exact) mass is 438 g/mol. The summed E-state index contributed by atoms with van der Waals surface area (Å²) in [5.41, 5.74) is 3.50. The molecule has 1 aromatic carbocycles. The van der Waals surface area contributed by atoms with Gasteiger partial charge in [-0.2, -0.15) is 4.57 Å². The molecule has 0 saturated heterocycles. The lowest BCUT2D eigenvalue weighted by Gasteiger charge is -2.22. The van der Waals surface area contributed by atoms with E-state index in [1.165, 1.54) is 7.11 Å². The standard InChI is InChI=1S/C23H20ClN3O4/c1-30-14-3-4-16-12(7-14)8-18(25-16)22(28)21-10-13(24)9-20-15-11-19(23(29)31-2)26-17(15)5-6-27(20)21/h3-8,11,13,21H,9-10H2,1-2H3,(H,25,28)/p+1. The van der Waals surface area contributed by atoms with Crippen molar-refractivity contribution in [2.24, 2.45) is 0 Å². The van der Waals surface area contributed by atoms with Gasteiger partial charge in [0, 0.05) is 29.8 Å². The summed E-state index contributed by atoms with van der Waals surface area (Å²) in [6.07, 6.45) is 3.01. The molecule has 0 spiro atoms. The lowest BCUT2D eigenvalue weighted by atomic mass is 9.94. The second-order valence-corrected chi connectivity index (χ2v) is 8.34. The molecule has 4 heterocycles. The van der Waals surface area contributed by atoms with Crippen molar-refractivity contribution in [3.05, 3.63) is 59.7 Å². The Bertz CT molecular complexity index is 1340. The first kappa shape index (κ1) is 19.6. The number of Topliss-reactive ketones (excluding diaryl/α,β-unsaturated/α-hetero) is 1. The number of benzene rings is 1. The molecule has 0 radical (unpaired) electrons. The fourth-order valence-corrected chi connectivity index (χ4v) is 4.70. The van der Waals surface area contributed by atoms with Crippen molar-refractivity contribution in [1.29, 1.82) is 0 Å².